The predicted molar refractivity (Wildman–Crippen MR) is 72.1 cm³/mol. The van der Waals surface area contributed by atoms with Crippen molar-refractivity contribution < 1.29 is 9.53 Å². The Kier molecular flexibility index (Phi) is 3.14. The van der Waals surface area contributed by atoms with Crippen LogP contribution in [0.2, 0.25) is 0 Å². The number of nitrogens with zero attached hydrogens (tertiary/aromatic N) is 1. The number of carbonyl (C=O) groups is 1. The Labute approximate surface area is 112 Å². The molecule has 1 aliphatic carbocycles. The first-order valence-corrected chi connectivity index (χ1v) is 6.75. The van der Waals surface area contributed by atoms with Crippen molar-refractivity contribution in [3.63, 3.8) is 0 Å². The van der Waals surface area contributed by atoms with Crippen LogP contribution in [0.1, 0.15) is 19.3 Å². The average Bonchev–Trinajstić information content (AvgIpc) is 3.14. The first-order chi connectivity index (χ1) is 9.23. The molecule has 1 amide bonds. The van der Waals surface area contributed by atoms with E-state index in [4.69, 9.17) is 4.74 Å². The minimum atomic E-state index is 0.133. The van der Waals surface area contributed by atoms with E-state index < -0.39 is 0 Å². The average molecular weight is 261 g/mol. The molecule has 1 saturated heterocycles. The zero-order valence-electron chi connectivity index (χ0n) is 11.1. The molecule has 2 aliphatic rings. The highest BCUT2D eigenvalue weighted by molar-refractivity contribution is 5.95. The lowest BCUT2D eigenvalue weighted by Gasteiger charge is -2.23. The number of amides is 1. The molecule has 1 saturated carbocycles. The third-order valence-corrected chi connectivity index (χ3v) is 4.32. The van der Waals surface area contributed by atoms with E-state index in [1.165, 1.54) is 0 Å². The number of piperidine rings is 1. The molecule has 1 aromatic heterocycles. The highest BCUT2D eigenvalue weighted by Crippen LogP contribution is 2.58. The highest BCUT2D eigenvalue weighted by Gasteiger charge is 2.57. The largest absolute Gasteiger partial charge is 0.481 e. The summed E-state index contributed by atoms with van der Waals surface area (Å²) in [5.74, 6) is 0.866. The molecule has 5 nitrogen and oxygen atoms in total. The van der Waals surface area contributed by atoms with E-state index in [-0.39, 0.29) is 17.2 Å². The molecular weight excluding hydrogens is 242 g/mol. The Balaban J connectivity index is 1.59. The lowest BCUT2D eigenvalue weighted by atomic mass is 9.92. The Morgan fingerprint density at radius 2 is 2.26 bits per heavy atom. The molecular formula is C14H19N3O2. The molecule has 5 heteroatoms. The van der Waals surface area contributed by atoms with E-state index in [1.54, 1.807) is 19.4 Å². The van der Waals surface area contributed by atoms with Crippen LogP contribution in [0.15, 0.2) is 18.3 Å². The van der Waals surface area contributed by atoms with Crippen molar-refractivity contribution in [3.8, 4) is 5.88 Å². The van der Waals surface area contributed by atoms with Gasteiger partial charge in [0.25, 0.3) is 0 Å². The normalized spacial score (nSPS) is 23.9. The molecule has 1 aliphatic heterocycles. The summed E-state index contributed by atoms with van der Waals surface area (Å²) in [6.07, 6.45) is 4.90. The Morgan fingerprint density at radius 3 is 2.89 bits per heavy atom. The molecule has 19 heavy (non-hydrogen) atoms. The van der Waals surface area contributed by atoms with Crippen LogP contribution in [0.25, 0.3) is 0 Å². The number of carbonyl (C=O) groups excluding carboxylic acids is 1. The summed E-state index contributed by atoms with van der Waals surface area (Å²) in [5, 5.41) is 6.30. The Morgan fingerprint density at radius 1 is 1.47 bits per heavy atom. The fourth-order valence-electron chi connectivity index (χ4n) is 3.00. The van der Waals surface area contributed by atoms with Gasteiger partial charge < -0.3 is 15.4 Å². The van der Waals surface area contributed by atoms with Gasteiger partial charge in [-0.05, 0) is 43.8 Å². The number of hydrogen-bond donors (Lipinski definition) is 2. The zero-order valence-corrected chi connectivity index (χ0v) is 11.1. The number of methoxy groups -OCH3 is 1. The number of aromatic nitrogens is 1. The minimum Gasteiger partial charge on any atom is -0.481 e. The van der Waals surface area contributed by atoms with Crippen molar-refractivity contribution in [3.05, 3.63) is 18.3 Å². The molecule has 102 valence electrons. The highest BCUT2D eigenvalue weighted by atomic mass is 16.5. The van der Waals surface area contributed by atoms with Crippen LogP contribution in [-0.2, 0) is 4.79 Å². The van der Waals surface area contributed by atoms with E-state index in [0.29, 0.717) is 5.88 Å². The van der Waals surface area contributed by atoms with Crippen LogP contribution >= 0.6 is 0 Å². The molecule has 1 unspecified atom stereocenters. The predicted octanol–water partition coefficient (Wildman–Crippen LogP) is 1.42. The van der Waals surface area contributed by atoms with Crippen molar-refractivity contribution >= 4 is 11.6 Å². The number of hydrogen-bond acceptors (Lipinski definition) is 4. The van der Waals surface area contributed by atoms with Gasteiger partial charge in [0.1, 0.15) is 0 Å². The topological polar surface area (TPSA) is 63.2 Å². The van der Waals surface area contributed by atoms with Gasteiger partial charge in [-0.25, -0.2) is 4.98 Å². The number of rotatable bonds is 3. The van der Waals surface area contributed by atoms with Gasteiger partial charge in [0.15, 0.2) is 0 Å². The maximum Gasteiger partial charge on any atom is 0.228 e. The van der Waals surface area contributed by atoms with E-state index >= 15 is 0 Å². The van der Waals surface area contributed by atoms with E-state index in [9.17, 15) is 4.79 Å². The molecule has 2 fully saturated rings. The summed E-state index contributed by atoms with van der Waals surface area (Å²) < 4.78 is 4.99. The van der Waals surface area contributed by atoms with Gasteiger partial charge in [-0.1, -0.05) is 0 Å². The molecule has 0 aromatic carbocycles. The lowest BCUT2D eigenvalue weighted by molar-refractivity contribution is -0.118. The standard InChI is InChI=1S/C14H19N3O2/c1-19-12-3-2-10(9-16-12)17-13(18)11-8-14(11)4-6-15-7-5-14/h2-3,9,11,15H,4-8H2,1H3,(H,17,18). The summed E-state index contributed by atoms with van der Waals surface area (Å²) >= 11 is 0. The van der Waals surface area contributed by atoms with Gasteiger partial charge in [-0.3, -0.25) is 4.79 Å². The van der Waals surface area contributed by atoms with Crippen LogP contribution in [0, 0.1) is 11.3 Å². The number of pyridine rings is 1. The second kappa shape index (κ2) is 4.81. The van der Waals surface area contributed by atoms with Gasteiger partial charge in [0, 0.05) is 12.0 Å². The summed E-state index contributed by atoms with van der Waals surface area (Å²) in [5.41, 5.74) is 1.01. The third kappa shape index (κ3) is 2.42. The fraction of sp³-hybridized carbons (Fsp3) is 0.571. The van der Waals surface area contributed by atoms with E-state index in [0.717, 1.165) is 38.0 Å². The first kappa shape index (κ1) is 12.4. The molecule has 3 rings (SSSR count). The summed E-state index contributed by atoms with van der Waals surface area (Å²) in [6, 6.07) is 3.57. The molecule has 0 radical (unpaired) electrons. The van der Waals surface area contributed by atoms with E-state index in [1.807, 2.05) is 6.07 Å². The number of nitrogens with one attached hydrogen (secondary N) is 2. The zero-order chi connectivity index (χ0) is 13.3. The van der Waals surface area contributed by atoms with Crippen molar-refractivity contribution in [1.29, 1.82) is 0 Å². The maximum absolute atomic E-state index is 12.2. The second-order valence-electron chi connectivity index (χ2n) is 5.45. The van der Waals surface area contributed by atoms with Gasteiger partial charge in [0.2, 0.25) is 11.8 Å². The van der Waals surface area contributed by atoms with Crippen molar-refractivity contribution in [2.75, 3.05) is 25.5 Å². The molecule has 2 heterocycles. The Bertz CT molecular complexity index is 466. The third-order valence-electron chi connectivity index (χ3n) is 4.32. The monoisotopic (exact) mass is 261 g/mol. The number of anilines is 1. The van der Waals surface area contributed by atoms with Gasteiger partial charge in [0.05, 0.1) is 19.0 Å². The van der Waals surface area contributed by atoms with Crippen molar-refractivity contribution in [2.45, 2.75) is 19.3 Å². The summed E-state index contributed by atoms with van der Waals surface area (Å²) in [4.78, 5) is 16.3. The van der Waals surface area contributed by atoms with Gasteiger partial charge in [-0.15, -0.1) is 0 Å². The van der Waals surface area contributed by atoms with Crippen molar-refractivity contribution in [2.24, 2.45) is 11.3 Å². The van der Waals surface area contributed by atoms with Crippen LogP contribution in [0.4, 0.5) is 5.69 Å². The SMILES string of the molecule is COc1ccc(NC(=O)C2CC23CCNCC3)cn1. The quantitative estimate of drug-likeness (QED) is 0.863. The summed E-state index contributed by atoms with van der Waals surface area (Å²) in [6.45, 7) is 2.07. The van der Waals surface area contributed by atoms with Crippen molar-refractivity contribution in [1.82, 2.24) is 10.3 Å². The number of ether oxygens (including phenoxy) is 1. The molecule has 1 atom stereocenters. The second-order valence-corrected chi connectivity index (χ2v) is 5.45. The van der Waals surface area contributed by atoms with E-state index in [2.05, 4.69) is 15.6 Å². The molecule has 1 spiro atoms. The summed E-state index contributed by atoms with van der Waals surface area (Å²) in [7, 11) is 1.58. The molecule has 0 bridgehead atoms. The lowest BCUT2D eigenvalue weighted by Crippen LogP contribution is -2.31. The molecule has 2 N–H and O–H groups in total. The van der Waals surface area contributed by atoms with Gasteiger partial charge >= 0.3 is 0 Å². The van der Waals surface area contributed by atoms with Crippen LogP contribution in [0.3, 0.4) is 0 Å². The van der Waals surface area contributed by atoms with Crippen LogP contribution in [-0.4, -0.2) is 31.1 Å². The smallest absolute Gasteiger partial charge is 0.228 e. The fourth-order valence-corrected chi connectivity index (χ4v) is 3.00. The maximum atomic E-state index is 12.2. The first-order valence-electron chi connectivity index (χ1n) is 6.75. The van der Waals surface area contributed by atoms with Gasteiger partial charge in [-0.2, -0.15) is 0 Å². The van der Waals surface area contributed by atoms with Crippen LogP contribution < -0.4 is 15.4 Å². The molecule has 1 aromatic rings. The van der Waals surface area contributed by atoms with Crippen LogP contribution in [0.5, 0.6) is 5.88 Å². The minimum absolute atomic E-state index is 0.133. The Hall–Kier alpha value is -1.62.